The molecule has 2 heterocycles. The second-order valence-corrected chi connectivity index (χ2v) is 7.71. The summed E-state index contributed by atoms with van der Waals surface area (Å²) in [5.74, 6) is 0.920. The van der Waals surface area contributed by atoms with E-state index in [0.29, 0.717) is 12.6 Å². The molecule has 0 saturated carbocycles. The lowest BCUT2D eigenvalue weighted by atomic mass is 10.1. The van der Waals surface area contributed by atoms with Crippen LogP contribution in [0.5, 0.6) is 0 Å². The molecular formula is C22H37N5O. The number of nitrogens with zero attached hydrogens (tertiary/aromatic N) is 3. The summed E-state index contributed by atoms with van der Waals surface area (Å²) in [5, 5.41) is 6.94. The Morgan fingerprint density at radius 1 is 1.14 bits per heavy atom. The number of likely N-dealkylation sites (N-methyl/N-ethyl adjacent to an activating group) is 1. The molecule has 1 aromatic rings. The van der Waals surface area contributed by atoms with Gasteiger partial charge in [0.1, 0.15) is 0 Å². The van der Waals surface area contributed by atoms with Gasteiger partial charge in [0, 0.05) is 38.8 Å². The molecule has 1 unspecified atom stereocenters. The Morgan fingerprint density at radius 2 is 1.96 bits per heavy atom. The molecule has 2 fully saturated rings. The molecule has 156 valence electrons. The van der Waals surface area contributed by atoms with Gasteiger partial charge in [0.25, 0.3) is 0 Å². The smallest absolute Gasteiger partial charge is 0.191 e. The summed E-state index contributed by atoms with van der Waals surface area (Å²) < 4.78 is 5.45. The van der Waals surface area contributed by atoms with Gasteiger partial charge in [0.05, 0.1) is 19.8 Å². The van der Waals surface area contributed by atoms with Gasteiger partial charge in [0.2, 0.25) is 0 Å². The third-order valence-electron chi connectivity index (χ3n) is 5.68. The first kappa shape index (κ1) is 21.1. The molecule has 0 spiro atoms. The third-order valence-corrected chi connectivity index (χ3v) is 5.68. The van der Waals surface area contributed by atoms with Gasteiger partial charge in [0.15, 0.2) is 5.96 Å². The molecule has 28 heavy (non-hydrogen) atoms. The topological polar surface area (TPSA) is 52.1 Å². The highest BCUT2D eigenvalue weighted by Crippen LogP contribution is 2.15. The molecule has 0 amide bonds. The molecule has 2 saturated heterocycles. The zero-order chi connectivity index (χ0) is 19.6. The maximum Gasteiger partial charge on any atom is 0.191 e. The number of ether oxygens (including phenoxy) is 1. The standard InChI is InChI=1S/C22H37N5O/c1-3-23-22(25-17-21-9-6-10-27(21)4-2)24-16-19-7-5-8-20(15-19)18-26-11-13-28-14-12-26/h5,7-8,15,21H,3-4,6,9-14,16-18H2,1-2H3,(H2,23,24,25). The van der Waals surface area contributed by atoms with Crippen LogP contribution < -0.4 is 10.6 Å². The Bertz CT molecular complexity index is 615. The number of benzene rings is 1. The zero-order valence-electron chi connectivity index (χ0n) is 17.6. The Kier molecular flexibility index (Phi) is 8.58. The minimum absolute atomic E-state index is 0.630. The molecule has 6 heteroatoms. The Labute approximate surface area is 170 Å². The van der Waals surface area contributed by atoms with Crippen LogP contribution in [0, 0.1) is 0 Å². The van der Waals surface area contributed by atoms with Crippen LogP contribution in [0.1, 0.15) is 37.8 Å². The number of likely N-dealkylation sites (tertiary alicyclic amines) is 1. The van der Waals surface area contributed by atoms with Crippen LogP contribution in [0.2, 0.25) is 0 Å². The third kappa shape index (κ3) is 6.47. The zero-order valence-corrected chi connectivity index (χ0v) is 17.6. The van der Waals surface area contributed by atoms with Crippen molar-refractivity contribution < 1.29 is 4.74 Å². The predicted octanol–water partition coefficient (Wildman–Crippen LogP) is 2.06. The van der Waals surface area contributed by atoms with Gasteiger partial charge in [-0.25, -0.2) is 4.99 Å². The average Bonchev–Trinajstić information content (AvgIpc) is 3.19. The van der Waals surface area contributed by atoms with Gasteiger partial charge in [-0.15, -0.1) is 0 Å². The molecule has 2 aliphatic rings. The summed E-state index contributed by atoms with van der Waals surface area (Å²) in [7, 11) is 0. The largest absolute Gasteiger partial charge is 0.379 e. The molecule has 6 nitrogen and oxygen atoms in total. The Morgan fingerprint density at radius 3 is 2.75 bits per heavy atom. The Hall–Kier alpha value is -1.63. The number of hydrogen-bond acceptors (Lipinski definition) is 4. The van der Waals surface area contributed by atoms with Crippen LogP contribution in [0.25, 0.3) is 0 Å². The quantitative estimate of drug-likeness (QED) is 0.528. The van der Waals surface area contributed by atoms with Crippen molar-refractivity contribution in [3.05, 3.63) is 35.4 Å². The predicted molar refractivity (Wildman–Crippen MR) is 116 cm³/mol. The van der Waals surface area contributed by atoms with E-state index in [1.165, 1.54) is 30.5 Å². The van der Waals surface area contributed by atoms with Crippen LogP contribution in [-0.4, -0.2) is 74.3 Å². The number of morpholine rings is 1. The summed E-state index contributed by atoms with van der Waals surface area (Å²) in [6, 6.07) is 9.46. The van der Waals surface area contributed by atoms with Crippen molar-refractivity contribution in [1.82, 2.24) is 20.4 Å². The SMILES string of the molecule is CCNC(=NCc1cccc(CN2CCOCC2)c1)NCC1CCCN1CC. The van der Waals surface area contributed by atoms with E-state index >= 15 is 0 Å². The van der Waals surface area contributed by atoms with Gasteiger partial charge >= 0.3 is 0 Å². The minimum atomic E-state index is 0.630. The summed E-state index contributed by atoms with van der Waals surface area (Å²) in [4.78, 5) is 9.84. The van der Waals surface area contributed by atoms with Crippen molar-refractivity contribution >= 4 is 5.96 Å². The van der Waals surface area contributed by atoms with E-state index in [-0.39, 0.29) is 0 Å². The normalized spacial score (nSPS) is 21.8. The van der Waals surface area contributed by atoms with Crippen LogP contribution in [-0.2, 0) is 17.8 Å². The first-order valence-electron chi connectivity index (χ1n) is 10.9. The van der Waals surface area contributed by atoms with E-state index in [4.69, 9.17) is 9.73 Å². The minimum Gasteiger partial charge on any atom is -0.379 e. The van der Waals surface area contributed by atoms with Crippen molar-refractivity contribution in [3.63, 3.8) is 0 Å². The van der Waals surface area contributed by atoms with Crippen molar-refractivity contribution in [2.24, 2.45) is 4.99 Å². The van der Waals surface area contributed by atoms with Crippen molar-refractivity contribution in [2.45, 2.75) is 45.8 Å². The molecule has 0 bridgehead atoms. The molecular weight excluding hydrogens is 350 g/mol. The van der Waals surface area contributed by atoms with Gasteiger partial charge in [-0.05, 0) is 44.0 Å². The molecule has 0 aromatic heterocycles. The lowest BCUT2D eigenvalue weighted by molar-refractivity contribution is 0.0342. The fourth-order valence-electron chi connectivity index (χ4n) is 4.11. The lowest BCUT2D eigenvalue weighted by Crippen LogP contribution is -2.44. The second-order valence-electron chi connectivity index (χ2n) is 7.71. The number of hydrogen-bond donors (Lipinski definition) is 2. The molecule has 0 aliphatic carbocycles. The number of guanidine groups is 1. The van der Waals surface area contributed by atoms with Gasteiger partial charge in [-0.3, -0.25) is 9.80 Å². The molecule has 0 radical (unpaired) electrons. The highest BCUT2D eigenvalue weighted by atomic mass is 16.5. The van der Waals surface area contributed by atoms with E-state index in [9.17, 15) is 0 Å². The Balaban J connectivity index is 1.53. The molecule has 1 aromatic carbocycles. The average molecular weight is 388 g/mol. The number of aliphatic imine (C=N–C) groups is 1. The maximum absolute atomic E-state index is 5.45. The van der Waals surface area contributed by atoms with E-state index in [1.807, 2.05) is 0 Å². The molecule has 2 N–H and O–H groups in total. The van der Waals surface area contributed by atoms with E-state index in [2.05, 4.69) is 58.5 Å². The summed E-state index contributed by atoms with van der Waals surface area (Å²) >= 11 is 0. The summed E-state index contributed by atoms with van der Waals surface area (Å²) in [5.41, 5.74) is 2.62. The van der Waals surface area contributed by atoms with Gasteiger partial charge in [-0.2, -0.15) is 0 Å². The monoisotopic (exact) mass is 387 g/mol. The molecule has 3 rings (SSSR count). The molecule has 2 aliphatic heterocycles. The van der Waals surface area contributed by atoms with Crippen molar-refractivity contribution in [1.29, 1.82) is 0 Å². The van der Waals surface area contributed by atoms with Crippen molar-refractivity contribution in [2.75, 3.05) is 52.5 Å². The first-order valence-corrected chi connectivity index (χ1v) is 10.9. The summed E-state index contributed by atoms with van der Waals surface area (Å²) in [6.45, 7) is 14.0. The van der Waals surface area contributed by atoms with E-state index < -0.39 is 0 Å². The van der Waals surface area contributed by atoms with E-state index in [0.717, 1.165) is 58.4 Å². The lowest BCUT2D eigenvalue weighted by Gasteiger charge is -2.26. The van der Waals surface area contributed by atoms with Crippen LogP contribution >= 0.6 is 0 Å². The first-order chi connectivity index (χ1) is 13.8. The highest BCUT2D eigenvalue weighted by Gasteiger charge is 2.22. The van der Waals surface area contributed by atoms with Crippen LogP contribution in [0.4, 0.5) is 0 Å². The van der Waals surface area contributed by atoms with E-state index in [1.54, 1.807) is 0 Å². The fourth-order valence-corrected chi connectivity index (χ4v) is 4.11. The number of nitrogens with one attached hydrogen (secondary N) is 2. The highest BCUT2D eigenvalue weighted by molar-refractivity contribution is 5.79. The molecule has 1 atom stereocenters. The summed E-state index contributed by atoms with van der Waals surface area (Å²) in [6.07, 6.45) is 2.59. The van der Waals surface area contributed by atoms with Gasteiger partial charge in [-0.1, -0.05) is 31.2 Å². The van der Waals surface area contributed by atoms with Gasteiger partial charge < -0.3 is 15.4 Å². The maximum atomic E-state index is 5.45. The van der Waals surface area contributed by atoms with Crippen molar-refractivity contribution in [3.8, 4) is 0 Å². The second kappa shape index (κ2) is 11.4. The number of rotatable bonds is 8. The van der Waals surface area contributed by atoms with Crippen LogP contribution in [0.3, 0.4) is 0 Å². The fraction of sp³-hybridized carbons (Fsp3) is 0.682. The van der Waals surface area contributed by atoms with Crippen LogP contribution in [0.15, 0.2) is 29.3 Å².